The lowest BCUT2D eigenvalue weighted by Gasteiger charge is -2.07. The van der Waals surface area contributed by atoms with Gasteiger partial charge in [-0.15, -0.1) is 0 Å². The van der Waals surface area contributed by atoms with E-state index in [0.717, 1.165) is 5.56 Å². The Balaban J connectivity index is 2.01. The third kappa shape index (κ3) is 4.30. The van der Waals surface area contributed by atoms with Crippen molar-refractivity contribution >= 4 is 21.6 Å². The minimum absolute atomic E-state index is 0.0951. The summed E-state index contributed by atoms with van der Waals surface area (Å²) in [5.74, 6) is 0. The van der Waals surface area contributed by atoms with Gasteiger partial charge in [-0.1, -0.05) is 29.8 Å². The first-order chi connectivity index (χ1) is 10.0. The zero-order valence-electron chi connectivity index (χ0n) is 11.1. The lowest BCUT2D eigenvalue weighted by molar-refractivity contribution is 0.581. The van der Waals surface area contributed by atoms with Crippen molar-refractivity contribution in [3.8, 4) is 6.07 Å². The van der Waals surface area contributed by atoms with Gasteiger partial charge in [0.25, 0.3) is 0 Å². The van der Waals surface area contributed by atoms with Gasteiger partial charge in [0, 0.05) is 11.6 Å². The maximum absolute atomic E-state index is 12.1. The Morgan fingerprint density at radius 1 is 1.14 bits per heavy atom. The van der Waals surface area contributed by atoms with Gasteiger partial charge in [-0.05, 0) is 42.3 Å². The van der Waals surface area contributed by atoms with Crippen molar-refractivity contribution < 1.29 is 8.42 Å². The molecule has 108 valence electrons. The van der Waals surface area contributed by atoms with Crippen LogP contribution >= 0.6 is 11.6 Å². The van der Waals surface area contributed by atoms with E-state index in [4.69, 9.17) is 16.9 Å². The molecule has 0 amide bonds. The summed E-state index contributed by atoms with van der Waals surface area (Å²) >= 11 is 5.79. The van der Waals surface area contributed by atoms with Gasteiger partial charge in [0.05, 0.1) is 16.5 Å². The number of hydrogen-bond donors (Lipinski definition) is 1. The minimum atomic E-state index is -3.60. The molecule has 0 spiro atoms. The molecule has 0 saturated carbocycles. The van der Waals surface area contributed by atoms with Crippen molar-refractivity contribution in [1.82, 2.24) is 4.72 Å². The molecule has 0 unspecified atom stereocenters. The number of halogens is 1. The summed E-state index contributed by atoms with van der Waals surface area (Å²) in [5.41, 5.74) is 1.31. The predicted octanol–water partition coefficient (Wildman–Crippen LogP) is 2.73. The average molecular weight is 321 g/mol. The molecule has 0 heterocycles. The number of benzene rings is 2. The fourth-order valence-corrected chi connectivity index (χ4v) is 3.00. The Bertz CT molecular complexity index is 765. The number of nitrogens with zero attached hydrogens (tertiary/aromatic N) is 1. The van der Waals surface area contributed by atoms with Gasteiger partial charge < -0.3 is 0 Å². The molecule has 0 fully saturated rings. The molecule has 0 aliphatic heterocycles. The Morgan fingerprint density at radius 3 is 2.52 bits per heavy atom. The summed E-state index contributed by atoms with van der Waals surface area (Å²) in [7, 11) is -3.60. The molecule has 0 aliphatic rings. The van der Waals surface area contributed by atoms with E-state index >= 15 is 0 Å². The Kier molecular flexibility index (Phi) is 4.97. The maximum atomic E-state index is 12.1. The fourth-order valence-electron chi connectivity index (χ4n) is 1.80. The van der Waals surface area contributed by atoms with Gasteiger partial charge in [0.2, 0.25) is 10.0 Å². The van der Waals surface area contributed by atoms with Crippen molar-refractivity contribution in [1.29, 1.82) is 5.26 Å². The van der Waals surface area contributed by atoms with Crippen molar-refractivity contribution in [3.05, 3.63) is 64.7 Å². The van der Waals surface area contributed by atoms with E-state index in [1.165, 1.54) is 12.1 Å². The Labute approximate surface area is 129 Å². The van der Waals surface area contributed by atoms with E-state index in [0.29, 0.717) is 17.0 Å². The molecule has 2 aromatic rings. The molecule has 21 heavy (non-hydrogen) atoms. The molecular weight excluding hydrogens is 308 g/mol. The molecule has 0 bridgehead atoms. The minimum Gasteiger partial charge on any atom is -0.211 e. The highest BCUT2D eigenvalue weighted by atomic mass is 35.5. The highest BCUT2D eigenvalue weighted by Crippen LogP contribution is 2.12. The zero-order chi connectivity index (χ0) is 15.3. The van der Waals surface area contributed by atoms with Crippen LogP contribution in [0.5, 0.6) is 0 Å². The molecule has 0 radical (unpaired) electrons. The summed E-state index contributed by atoms with van der Waals surface area (Å²) in [6.07, 6.45) is 0.564. The van der Waals surface area contributed by atoms with E-state index in [2.05, 4.69) is 4.72 Å². The molecule has 0 aliphatic carbocycles. The number of nitrogens with one attached hydrogen (secondary N) is 1. The second kappa shape index (κ2) is 6.72. The third-order valence-electron chi connectivity index (χ3n) is 2.89. The van der Waals surface area contributed by atoms with Crippen LogP contribution in [0.2, 0.25) is 5.02 Å². The monoisotopic (exact) mass is 320 g/mol. The van der Waals surface area contributed by atoms with Crippen LogP contribution in [0, 0.1) is 11.3 Å². The molecule has 4 nitrogen and oxygen atoms in total. The zero-order valence-corrected chi connectivity index (χ0v) is 12.7. The van der Waals surface area contributed by atoms with Crippen LogP contribution in [-0.4, -0.2) is 15.0 Å². The van der Waals surface area contributed by atoms with Crippen LogP contribution in [-0.2, 0) is 16.4 Å². The van der Waals surface area contributed by atoms with Gasteiger partial charge in [-0.3, -0.25) is 0 Å². The smallest absolute Gasteiger partial charge is 0.211 e. The van der Waals surface area contributed by atoms with Crippen LogP contribution in [0.4, 0.5) is 0 Å². The summed E-state index contributed by atoms with van der Waals surface area (Å²) in [4.78, 5) is 0.0951. The quantitative estimate of drug-likeness (QED) is 0.921. The van der Waals surface area contributed by atoms with Gasteiger partial charge in [-0.2, -0.15) is 5.26 Å². The number of rotatable bonds is 5. The van der Waals surface area contributed by atoms with Gasteiger partial charge in [0.15, 0.2) is 0 Å². The van der Waals surface area contributed by atoms with Crippen molar-refractivity contribution in [2.75, 3.05) is 6.54 Å². The van der Waals surface area contributed by atoms with Gasteiger partial charge >= 0.3 is 0 Å². The van der Waals surface area contributed by atoms with Crippen LogP contribution in [0.1, 0.15) is 11.1 Å². The van der Waals surface area contributed by atoms with E-state index in [1.54, 1.807) is 24.3 Å². The lowest BCUT2D eigenvalue weighted by atomic mass is 10.2. The molecule has 2 rings (SSSR count). The lowest BCUT2D eigenvalue weighted by Crippen LogP contribution is -2.26. The second-order valence-electron chi connectivity index (χ2n) is 4.41. The first kappa shape index (κ1) is 15.5. The Hall–Kier alpha value is -1.87. The Morgan fingerprint density at radius 2 is 1.86 bits per heavy atom. The molecule has 0 atom stereocenters. The van der Waals surface area contributed by atoms with Gasteiger partial charge in [0.1, 0.15) is 0 Å². The van der Waals surface area contributed by atoms with Crippen LogP contribution in [0.25, 0.3) is 0 Å². The molecular formula is C15H13ClN2O2S. The largest absolute Gasteiger partial charge is 0.240 e. The summed E-state index contributed by atoms with van der Waals surface area (Å²) < 4.78 is 26.7. The normalized spacial score (nSPS) is 11.0. The summed E-state index contributed by atoms with van der Waals surface area (Å²) in [6, 6.07) is 15.1. The molecule has 0 saturated heterocycles. The van der Waals surface area contributed by atoms with Crippen molar-refractivity contribution in [3.63, 3.8) is 0 Å². The third-order valence-corrected chi connectivity index (χ3v) is 4.60. The average Bonchev–Trinajstić information content (AvgIpc) is 2.49. The fraction of sp³-hybridized carbons (Fsp3) is 0.133. The maximum Gasteiger partial charge on any atom is 0.240 e. The highest BCUT2D eigenvalue weighted by molar-refractivity contribution is 7.89. The van der Waals surface area contributed by atoms with Crippen molar-refractivity contribution in [2.24, 2.45) is 0 Å². The predicted molar refractivity (Wildman–Crippen MR) is 81.5 cm³/mol. The van der Waals surface area contributed by atoms with E-state index in [-0.39, 0.29) is 11.4 Å². The molecule has 6 heteroatoms. The van der Waals surface area contributed by atoms with Crippen molar-refractivity contribution in [2.45, 2.75) is 11.3 Å². The van der Waals surface area contributed by atoms with Crippen LogP contribution in [0.3, 0.4) is 0 Å². The van der Waals surface area contributed by atoms with Crippen LogP contribution < -0.4 is 4.72 Å². The van der Waals surface area contributed by atoms with E-state index in [9.17, 15) is 8.42 Å². The molecule has 2 aromatic carbocycles. The first-order valence-corrected chi connectivity index (χ1v) is 8.12. The molecule has 1 N–H and O–H groups in total. The first-order valence-electron chi connectivity index (χ1n) is 6.25. The van der Waals surface area contributed by atoms with E-state index in [1.807, 2.05) is 18.2 Å². The summed E-state index contributed by atoms with van der Waals surface area (Å²) in [5, 5.41) is 9.44. The second-order valence-corrected chi connectivity index (χ2v) is 6.62. The number of nitriles is 1. The summed E-state index contributed by atoms with van der Waals surface area (Å²) in [6.45, 7) is 0.279. The highest BCUT2D eigenvalue weighted by Gasteiger charge is 2.13. The van der Waals surface area contributed by atoms with E-state index < -0.39 is 10.0 Å². The van der Waals surface area contributed by atoms with Crippen LogP contribution in [0.15, 0.2) is 53.4 Å². The SMILES string of the molecule is N#Cc1cccc(S(=O)(=O)NCCc2ccc(Cl)cc2)c1. The standard InChI is InChI=1S/C15H13ClN2O2S/c16-14-6-4-12(5-7-14)8-9-18-21(19,20)15-3-1-2-13(10-15)11-17/h1-7,10,18H,8-9H2. The number of hydrogen-bond acceptors (Lipinski definition) is 3. The molecule has 0 aromatic heterocycles. The number of sulfonamides is 1. The topological polar surface area (TPSA) is 70.0 Å². The van der Waals surface area contributed by atoms with Gasteiger partial charge in [-0.25, -0.2) is 13.1 Å².